The first-order chi connectivity index (χ1) is 13.4. The lowest BCUT2D eigenvalue weighted by Gasteiger charge is -2.18. The summed E-state index contributed by atoms with van der Waals surface area (Å²) in [5.41, 5.74) is 1.36. The van der Waals surface area contributed by atoms with E-state index in [1.54, 1.807) is 36.7 Å². The first kappa shape index (κ1) is 19.3. The van der Waals surface area contributed by atoms with Gasteiger partial charge in [0.25, 0.3) is 5.69 Å². The molecule has 0 aliphatic heterocycles. The van der Waals surface area contributed by atoms with Gasteiger partial charge in [0.1, 0.15) is 11.9 Å². The summed E-state index contributed by atoms with van der Waals surface area (Å²) in [4.78, 5) is 27.2. The van der Waals surface area contributed by atoms with Crippen LogP contribution in [0.2, 0.25) is 5.02 Å². The van der Waals surface area contributed by atoms with Crippen LogP contribution in [0.4, 0.5) is 5.69 Å². The predicted molar refractivity (Wildman–Crippen MR) is 107 cm³/mol. The molecule has 28 heavy (non-hydrogen) atoms. The predicted octanol–water partition coefficient (Wildman–Crippen LogP) is 3.90. The Balaban J connectivity index is 1.82. The van der Waals surface area contributed by atoms with Gasteiger partial charge in [0, 0.05) is 42.7 Å². The van der Waals surface area contributed by atoms with Crippen molar-refractivity contribution in [1.82, 2.24) is 14.9 Å². The zero-order valence-corrected chi connectivity index (χ0v) is 15.7. The highest BCUT2D eigenvalue weighted by Crippen LogP contribution is 2.22. The van der Waals surface area contributed by atoms with Crippen LogP contribution in [0.15, 0.2) is 67.0 Å². The third kappa shape index (κ3) is 4.63. The molecule has 0 radical (unpaired) electrons. The van der Waals surface area contributed by atoms with E-state index in [0.717, 1.165) is 5.56 Å². The molecule has 1 aromatic heterocycles. The molecule has 1 atom stereocenters. The number of amides is 1. The standard InChI is InChI=1S/C20H17ClN4O3/c1-24-12-11-22-20(24)19(15-6-8-16(21)9-7-15)23-18(26)10-5-14-3-2-4-17(13-14)25(27)28/h2-13,19H,1H3,(H,23,26)/b10-5+/t19-/m0/s1. The fourth-order valence-corrected chi connectivity index (χ4v) is 2.84. The molecule has 0 fully saturated rings. The molecule has 142 valence electrons. The van der Waals surface area contributed by atoms with Crippen LogP contribution in [0.5, 0.6) is 0 Å². The third-order valence-electron chi connectivity index (χ3n) is 4.11. The first-order valence-electron chi connectivity index (χ1n) is 8.40. The van der Waals surface area contributed by atoms with Gasteiger partial charge >= 0.3 is 0 Å². The molecule has 0 bridgehead atoms. The highest BCUT2D eigenvalue weighted by Gasteiger charge is 2.19. The van der Waals surface area contributed by atoms with Gasteiger partial charge in [-0.2, -0.15) is 0 Å². The second-order valence-corrected chi connectivity index (χ2v) is 6.51. The number of rotatable bonds is 6. The second kappa shape index (κ2) is 8.49. The van der Waals surface area contributed by atoms with Crippen molar-refractivity contribution in [2.45, 2.75) is 6.04 Å². The SMILES string of the molecule is Cn1ccnc1[C@@H](NC(=O)/C=C/c1cccc([N+](=O)[O-])c1)c1ccc(Cl)cc1. The molecule has 0 unspecified atom stereocenters. The fraction of sp³-hybridized carbons (Fsp3) is 0.100. The van der Waals surface area contributed by atoms with Crippen LogP contribution in [0, 0.1) is 10.1 Å². The van der Waals surface area contributed by atoms with Gasteiger partial charge in [-0.05, 0) is 29.3 Å². The fourth-order valence-electron chi connectivity index (χ4n) is 2.71. The number of non-ortho nitro benzene ring substituents is 1. The largest absolute Gasteiger partial charge is 0.339 e. The first-order valence-corrected chi connectivity index (χ1v) is 8.77. The van der Waals surface area contributed by atoms with E-state index in [-0.39, 0.29) is 11.6 Å². The van der Waals surface area contributed by atoms with Crippen LogP contribution in [-0.2, 0) is 11.8 Å². The molecule has 3 aromatic rings. The van der Waals surface area contributed by atoms with Gasteiger partial charge in [0.05, 0.1) is 4.92 Å². The summed E-state index contributed by atoms with van der Waals surface area (Å²) in [5.74, 6) is 0.314. The average molecular weight is 397 g/mol. The van der Waals surface area contributed by atoms with E-state index in [2.05, 4.69) is 10.3 Å². The highest BCUT2D eigenvalue weighted by atomic mass is 35.5. The maximum atomic E-state index is 12.5. The Morgan fingerprint density at radius 2 is 2.04 bits per heavy atom. The molecule has 2 aromatic carbocycles. The number of imidazole rings is 1. The van der Waals surface area contributed by atoms with Gasteiger partial charge in [-0.3, -0.25) is 14.9 Å². The number of hydrogen-bond donors (Lipinski definition) is 1. The maximum absolute atomic E-state index is 12.5. The third-order valence-corrected chi connectivity index (χ3v) is 4.37. The van der Waals surface area contributed by atoms with Gasteiger partial charge in [0.15, 0.2) is 0 Å². The second-order valence-electron chi connectivity index (χ2n) is 6.07. The molecule has 0 aliphatic rings. The molecule has 1 N–H and O–H groups in total. The van der Waals surface area contributed by atoms with E-state index in [9.17, 15) is 14.9 Å². The zero-order valence-electron chi connectivity index (χ0n) is 14.9. The Kier molecular flexibility index (Phi) is 5.86. The lowest BCUT2D eigenvalue weighted by atomic mass is 10.1. The summed E-state index contributed by atoms with van der Waals surface area (Å²) in [5, 5.41) is 14.4. The minimum Gasteiger partial charge on any atom is -0.339 e. The van der Waals surface area contributed by atoms with Gasteiger partial charge in [-0.25, -0.2) is 4.98 Å². The van der Waals surface area contributed by atoms with Crippen LogP contribution in [0.3, 0.4) is 0 Å². The molecule has 0 saturated heterocycles. The molecule has 7 nitrogen and oxygen atoms in total. The van der Waals surface area contributed by atoms with Crippen LogP contribution in [0.1, 0.15) is 23.0 Å². The number of carbonyl (C=O) groups is 1. The zero-order chi connectivity index (χ0) is 20.1. The van der Waals surface area contributed by atoms with Crippen LogP contribution in [-0.4, -0.2) is 20.4 Å². The molecule has 0 spiro atoms. The van der Waals surface area contributed by atoms with Gasteiger partial charge in [-0.1, -0.05) is 35.9 Å². The molecule has 0 saturated carbocycles. The summed E-state index contributed by atoms with van der Waals surface area (Å²) in [7, 11) is 1.84. The topological polar surface area (TPSA) is 90.1 Å². The van der Waals surface area contributed by atoms with Crippen molar-refractivity contribution in [1.29, 1.82) is 0 Å². The maximum Gasteiger partial charge on any atom is 0.270 e. The molecular weight excluding hydrogens is 380 g/mol. The number of carbonyl (C=O) groups excluding carboxylic acids is 1. The van der Waals surface area contributed by atoms with Crippen molar-refractivity contribution >= 4 is 29.3 Å². The Morgan fingerprint density at radius 3 is 2.68 bits per heavy atom. The smallest absolute Gasteiger partial charge is 0.270 e. The van der Waals surface area contributed by atoms with E-state index in [0.29, 0.717) is 16.4 Å². The van der Waals surface area contributed by atoms with Crippen LogP contribution in [0.25, 0.3) is 6.08 Å². The van der Waals surface area contributed by atoms with Crippen molar-refractivity contribution in [2.75, 3.05) is 0 Å². The monoisotopic (exact) mass is 396 g/mol. The normalized spacial score (nSPS) is 12.1. The summed E-state index contributed by atoms with van der Waals surface area (Å²) in [6, 6.07) is 12.7. The summed E-state index contributed by atoms with van der Waals surface area (Å²) < 4.78 is 1.82. The van der Waals surface area contributed by atoms with Crippen molar-refractivity contribution < 1.29 is 9.72 Å². The molecule has 0 aliphatic carbocycles. The summed E-state index contributed by atoms with van der Waals surface area (Å²) in [6.07, 6.45) is 6.32. The van der Waals surface area contributed by atoms with Gasteiger partial charge in [0.2, 0.25) is 5.91 Å². The van der Waals surface area contributed by atoms with Crippen molar-refractivity contribution in [3.63, 3.8) is 0 Å². The van der Waals surface area contributed by atoms with E-state index in [1.807, 2.05) is 23.7 Å². The number of nitro groups is 1. The quantitative estimate of drug-likeness (QED) is 0.388. The minimum atomic E-state index is -0.477. The Hall–Kier alpha value is -3.45. The molecule has 1 amide bonds. The number of aryl methyl sites for hydroxylation is 1. The Bertz CT molecular complexity index is 1030. The van der Waals surface area contributed by atoms with Crippen molar-refractivity contribution in [2.24, 2.45) is 7.05 Å². The van der Waals surface area contributed by atoms with Crippen LogP contribution >= 0.6 is 11.6 Å². The average Bonchev–Trinajstić information content (AvgIpc) is 3.11. The lowest BCUT2D eigenvalue weighted by molar-refractivity contribution is -0.384. The molecule has 3 rings (SSSR count). The molecule has 8 heteroatoms. The van der Waals surface area contributed by atoms with E-state index < -0.39 is 11.0 Å². The van der Waals surface area contributed by atoms with E-state index in [1.165, 1.54) is 24.3 Å². The van der Waals surface area contributed by atoms with Gasteiger partial charge in [-0.15, -0.1) is 0 Å². The van der Waals surface area contributed by atoms with Gasteiger partial charge < -0.3 is 9.88 Å². The number of nitro benzene ring substituents is 1. The Labute approximate surface area is 166 Å². The van der Waals surface area contributed by atoms with E-state index >= 15 is 0 Å². The number of nitrogens with zero attached hydrogens (tertiary/aromatic N) is 3. The summed E-state index contributed by atoms with van der Waals surface area (Å²) in [6.45, 7) is 0. The van der Waals surface area contributed by atoms with E-state index in [4.69, 9.17) is 11.6 Å². The number of aromatic nitrogens is 2. The number of benzene rings is 2. The van der Waals surface area contributed by atoms with Crippen molar-refractivity contribution in [3.05, 3.63) is 99.1 Å². The molecular formula is C20H17ClN4O3. The number of nitrogens with one attached hydrogen (secondary N) is 1. The Morgan fingerprint density at radius 1 is 1.29 bits per heavy atom. The van der Waals surface area contributed by atoms with Crippen LogP contribution < -0.4 is 5.32 Å². The summed E-state index contributed by atoms with van der Waals surface area (Å²) >= 11 is 5.96. The number of hydrogen-bond acceptors (Lipinski definition) is 4. The number of halogens is 1. The highest BCUT2D eigenvalue weighted by molar-refractivity contribution is 6.30. The van der Waals surface area contributed by atoms with Crippen molar-refractivity contribution in [3.8, 4) is 0 Å². The lowest BCUT2D eigenvalue weighted by Crippen LogP contribution is -2.29. The molecule has 1 heterocycles. The minimum absolute atomic E-state index is 0.0328.